The number of ether oxygens (including phenoxy) is 1. The highest BCUT2D eigenvalue weighted by Crippen LogP contribution is 2.25. The molecule has 1 atom stereocenters. The second kappa shape index (κ2) is 5.00. The Morgan fingerprint density at radius 2 is 2.15 bits per heavy atom. The van der Waals surface area contributed by atoms with E-state index < -0.39 is 22.1 Å². The molecule has 1 aliphatic heterocycles. The van der Waals surface area contributed by atoms with E-state index in [9.17, 15) is 13.2 Å². The third-order valence-corrected chi connectivity index (χ3v) is 4.55. The molecular weight excluding hydrogens is 197 g/mol. The first-order chi connectivity index (χ1) is 6.08. The molecule has 1 unspecified atom stereocenters. The van der Waals surface area contributed by atoms with Crippen molar-refractivity contribution in [1.29, 1.82) is 0 Å². The summed E-state index contributed by atoms with van der Waals surface area (Å²) in [6.07, 6.45) is -2.42. The predicted octanol–water partition coefficient (Wildman–Crippen LogP) is 2.12. The van der Waals surface area contributed by atoms with Crippen LogP contribution in [-0.4, -0.2) is 28.9 Å². The first kappa shape index (κ1) is 11.0. The lowest BCUT2D eigenvalue weighted by atomic mass is 10.2. The van der Waals surface area contributed by atoms with Crippen molar-refractivity contribution < 1.29 is 17.9 Å². The quantitative estimate of drug-likeness (QED) is 0.651. The summed E-state index contributed by atoms with van der Waals surface area (Å²) in [5.41, 5.74) is 0.496. The second-order valence-corrected chi connectivity index (χ2v) is 6.03. The van der Waals surface area contributed by atoms with Crippen molar-refractivity contribution in [3.8, 4) is 0 Å². The summed E-state index contributed by atoms with van der Waals surface area (Å²) >= 11 is 0. The van der Waals surface area contributed by atoms with Crippen LogP contribution in [0.15, 0.2) is 0 Å². The van der Waals surface area contributed by atoms with E-state index in [0.717, 1.165) is 19.4 Å². The number of halogens is 3. The fourth-order valence-electron chi connectivity index (χ4n) is 1.63. The zero-order valence-corrected chi connectivity index (χ0v) is 8.98. The van der Waals surface area contributed by atoms with Crippen LogP contribution in [0, 0.1) is 0 Å². The van der Waals surface area contributed by atoms with E-state index in [1.54, 1.807) is 0 Å². The van der Waals surface area contributed by atoms with Crippen molar-refractivity contribution in [3.63, 3.8) is 0 Å². The van der Waals surface area contributed by atoms with Gasteiger partial charge < -0.3 is 4.74 Å². The summed E-state index contributed by atoms with van der Waals surface area (Å²) in [4.78, 5) is 0. The molecule has 5 heteroatoms. The van der Waals surface area contributed by atoms with Gasteiger partial charge in [-0.15, -0.1) is 0 Å². The van der Waals surface area contributed by atoms with Crippen LogP contribution < -0.4 is 0 Å². The lowest BCUT2D eigenvalue weighted by Gasteiger charge is -2.21. The van der Waals surface area contributed by atoms with Crippen molar-refractivity contribution in [2.24, 2.45) is 0 Å². The number of alkyl halides is 3. The van der Waals surface area contributed by atoms with Gasteiger partial charge in [0.25, 0.3) is 0 Å². The molecule has 1 nitrogen and oxygen atoms in total. The lowest BCUT2D eigenvalue weighted by Crippen LogP contribution is -2.19. The number of hydrogen-bond donors (Lipinski definition) is 0. The predicted molar refractivity (Wildman–Crippen MR) is 47.8 cm³/mol. The van der Waals surface area contributed by atoms with Gasteiger partial charge in [-0.1, -0.05) is 6.04 Å². The first-order valence-corrected chi connectivity index (χ1v) is 6.54. The molecule has 0 aromatic heterocycles. The van der Waals surface area contributed by atoms with E-state index in [-0.39, 0.29) is 0 Å². The highest BCUT2D eigenvalue weighted by atomic mass is 28.2. The van der Waals surface area contributed by atoms with Crippen LogP contribution in [0.1, 0.15) is 19.3 Å². The van der Waals surface area contributed by atoms with Crippen LogP contribution in [0.4, 0.5) is 13.2 Å². The smallest absolute Gasteiger partial charge is 0.381 e. The first-order valence-electron chi connectivity index (χ1n) is 4.72. The standard InChI is InChI=1S/C8H15F3OSi/c9-8(10,11)3-5-13-7-2-1-4-12-6-7/h7H,1-6,13H2. The maximum absolute atomic E-state index is 11.8. The second-order valence-electron chi connectivity index (χ2n) is 3.59. The molecule has 0 amide bonds. The van der Waals surface area contributed by atoms with Crippen molar-refractivity contribution in [2.75, 3.05) is 13.2 Å². The summed E-state index contributed by atoms with van der Waals surface area (Å²) in [5, 5.41) is 0. The summed E-state index contributed by atoms with van der Waals surface area (Å²) in [6, 6.07) is 0.386. The van der Waals surface area contributed by atoms with Crippen LogP contribution in [0.2, 0.25) is 11.6 Å². The molecule has 13 heavy (non-hydrogen) atoms. The topological polar surface area (TPSA) is 9.23 Å². The van der Waals surface area contributed by atoms with Crippen molar-refractivity contribution in [3.05, 3.63) is 0 Å². The molecule has 0 saturated carbocycles. The zero-order valence-electron chi connectivity index (χ0n) is 7.57. The molecule has 0 spiro atoms. The molecule has 1 fully saturated rings. The Balaban J connectivity index is 2.04. The SMILES string of the molecule is FC(F)(F)CC[SiH2]C1CCCOC1. The molecule has 1 rings (SSSR count). The molecule has 0 N–H and O–H groups in total. The van der Waals surface area contributed by atoms with Crippen LogP contribution in [0.5, 0.6) is 0 Å². The molecule has 0 aliphatic carbocycles. The van der Waals surface area contributed by atoms with Gasteiger partial charge in [0.2, 0.25) is 0 Å². The van der Waals surface area contributed by atoms with Gasteiger partial charge in [0, 0.05) is 29.2 Å². The van der Waals surface area contributed by atoms with Gasteiger partial charge >= 0.3 is 6.18 Å². The minimum Gasteiger partial charge on any atom is -0.381 e. The maximum Gasteiger partial charge on any atom is 0.388 e. The Hall–Kier alpha value is -0.0331. The summed E-state index contributed by atoms with van der Waals surface area (Å²) in [6.45, 7) is 1.51. The van der Waals surface area contributed by atoms with E-state index in [1.165, 1.54) is 0 Å². The molecule has 0 aromatic rings. The van der Waals surface area contributed by atoms with Crippen LogP contribution >= 0.6 is 0 Å². The molecule has 0 bridgehead atoms. The van der Waals surface area contributed by atoms with Gasteiger partial charge in [0.05, 0.1) is 0 Å². The molecule has 1 heterocycles. The van der Waals surface area contributed by atoms with Gasteiger partial charge in [0.1, 0.15) is 0 Å². The fraction of sp³-hybridized carbons (Fsp3) is 1.00. The Morgan fingerprint density at radius 3 is 2.69 bits per heavy atom. The molecular formula is C8H15F3OSi. The minimum atomic E-state index is -3.96. The van der Waals surface area contributed by atoms with E-state index >= 15 is 0 Å². The zero-order chi connectivity index (χ0) is 9.73. The monoisotopic (exact) mass is 212 g/mol. The minimum absolute atomic E-state index is 0.386. The summed E-state index contributed by atoms with van der Waals surface area (Å²) < 4.78 is 40.6. The molecule has 78 valence electrons. The van der Waals surface area contributed by atoms with Crippen LogP contribution in [0.3, 0.4) is 0 Å². The Morgan fingerprint density at radius 1 is 1.38 bits per heavy atom. The average Bonchev–Trinajstić information content (AvgIpc) is 2.04. The maximum atomic E-state index is 11.8. The van der Waals surface area contributed by atoms with Crippen LogP contribution in [-0.2, 0) is 4.74 Å². The molecule has 0 radical (unpaired) electrons. The van der Waals surface area contributed by atoms with E-state index in [0.29, 0.717) is 18.2 Å². The Labute approximate surface area is 78.5 Å². The number of hydrogen-bond acceptors (Lipinski definition) is 1. The van der Waals surface area contributed by atoms with Gasteiger partial charge in [-0.2, -0.15) is 13.2 Å². The van der Waals surface area contributed by atoms with Crippen LogP contribution in [0.25, 0.3) is 0 Å². The average molecular weight is 212 g/mol. The molecule has 1 aliphatic rings. The van der Waals surface area contributed by atoms with E-state index in [2.05, 4.69) is 0 Å². The Bertz CT molecular complexity index is 143. The largest absolute Gasteiger partial charge is 0.388 e. The van der Waals surface area contributed by atoms with Gasteiger partial charge in [-0.3, -0.25) is 0 Å². The highest BCUT2D eigenvalue weighted by Gasteiger charge is 2.27. The fourth-order valence-corrected chi connectivity index (χ4v) is 3.72. The highest BCUT2D eigenvalue weighted by molar-refractivity contribution is 6.37. The summed E-state index contributed by atoms with van der Waals surface area (Å²) in [5.74, 6) is 0. The third-order valence-electron chi connectivity index (χ3n) is 2.33. The third kappa shape index (κ3) is 5.31. The lowest BCUT2D eigenvalue weighted by molar-refractivity contribution is -0.130. The van der Waals surface area contributed by atoms with E-state index in [4.69, 9.17) is 4.74 Å². The van der Waals surface area contributed by atoms with Crippen molar-refractivity contribution in [1.82, 2.24) is 0 Å². The summed E-state index contributed by atoms with van der Waals surface area (Å²) in [7, 11) is -0.559. The van der Waals surface area contributed by atoms with Crippen molar-refractivity contribution in [2.45, 2.75) is 37.0 Å². The van der Waals surface area contributed by atoms with Crippen molar-refractivity contribution >= 4 is 9.52 Å². The van der Waals surface area contributed by atoms with Gasteiger partial charge in [-0.05, 0) is 18.4 Å². The van der Waals surface area contributed by atoms with Gasteiger partial charge in [-0.25, -0.2) is 0 Å². The molecule has 1 saturated heterocycles. The number of rotatable bonds is 3. The Kier molecular flexibility index (Phi) is 4.25. The van der Waals surface area contributed by atoms with E-state index in [1.807, 2.05) is 0 Å². The van der Waals surface area contributed by atoms with Gasteiger partial charge in [0.15, 0.2) is 0 Å². The molecule has 0 aromatic carbocycles. The normalized spacial score (nSPS) is 25.6.